The summed E-state index contributed by atoms with van der Waals surface area (Å²) in [6.45, 7) is 12.1. The van der Waals surface area contributed by atoms with Crippen LogP contribution < -0.4 is 15.4 Å². The van der Waals surface area contributed by atoms with Gasteiger partial charge in [0.15, 0.2) is 0 Å². The Kier molecular flexibility index (Phi) is 12.0. The van der Waals surface area contributed by atoms with Crippen molar-refractivity contribution < 1.29 is 24.3 Å². The Morgan fingerprint density at radius 2 is 1.74 bits per heavy atom. The number of carbonyl (C=O) groups excluding carboxylic acids is 2. The van der Waals surface area contributed by atoms with Crippen molar-refractivity contribution in [2.75, 3.05) is 34.4 Å². The van der Waals surface area contributed by atoms with Gasteiger partial charge in [-0.25, -0.2) is 0 Å². The van der Waals surface area contributed by atoms with E-state index in [-0.39, 0.29) is 42.3 Å². The third-order valence-corrected chi connectivity index (χ3v) is 12.6. The number of carbonyl (C=O) groups is 2. The lowest BCUT2D eigenvalue weighted by molar-refractivity contribution is -0.183. The zero-order chi connectivity index (χ0) is 38.0. The summed E-state index contributed by atoms with van der Waals surface area (Å²) >= 11 is 0. The Balaban J connectivity index is 1.19. The number of hydrogen-bond acceptors (Lipinski definition) is 7. The standard InChI is InChI=1S/C44H60N4O5/c1-27(2)39-38(26-49)53-48(40(39)43(51)46-37-23-33-22-36(28(37)3)44(33,4)5)24-32-15-12-16-35(41(32)52-8)30-17-19-31(20-18-30)42(50)45-34(25-47(6)7)21-29-13-10-9-11-14-29/h9-20,27-28,33-34,36-40,49H,21-26H2,1-8H3,(H,45,50)(H,46,51)/t28-,33-,34-,36+,37-,38-,39+,40-/m0/s1. The zero-order valence-corrected chi connectivity index (χ0v) is 32.8. The van der Waals surface area contributed by atoms with Crippen LogP contribution in [0.15, 0.2) is 72.8 Å². The van der Waals surface area contributed by atoms with Crippen LogP contribution in [-0.2, 0) is 22.6 Å². The van der Waals surface area contributed by atoms with Crippen molar-refractivity contribution in [2.24, 2.45) is 35.0 Å². The number of benzene rings is 3. The molecule has 4 aliphatic rings. The number of aliphatic hydroxyl groups is 1. The van der Waals surface area contributed by atoms with Crippen LogP contribution in [0.25, 0.3) is 11.1 Å². The van der Waals surface area contributed by atoms with Gasteiger partial charge in [0.05, 0.1) is 20.3 Å². The average Bonchev–Trinajstić information content (AvgIpc) is 3.51. The number of nitrogens with one attached hydrogen (secondary N) is 2. The van der Waals surface area contributed by atoms with Gasteiger partial charge in [-0.05, 0) is 85.7 Å². The van der Waals surface area contributed by atoms with E-state index in [0.717, 1.165) is 36.1 Å². The maximum atomic E-state index is 14.3. The molecule has 0 aromatic heterocycles. The quantitative estimate of drug-likeness (QED) is 0.182. The molecule has 9 heteroatoms. The molecule has 53 heavy (non-hydrogen) atoms. The summed E-state index contributed by atoms with van der Waals surface area (Å²) in [4.78, 5) is 36.2. The third-order valence-electron chi connectivity index (χ3n) is 12.6. The largest absolute Gasteiger partial charge is 0.496 e. The SMILES string of the molecule is COc1c(CN2O[C@@H](CO)[C@@H](C(C)C)[C@H]2C(=O)N[C@H]2C[C@@H]3C[C@H]([C@@H]2C)C3(C)C)cccc1-c1ccc(C(=O)N[C@@H](Cc2ccccc2)CN(C)C)cc1. The fourth-order valence-electron chi connectivity index (χ4n) is 9.62. The molecule has 286 valence electrons. The van der Waals surface area contributed by atoms with Crippen LogP contribution >= 0.6 is 0 Å². The normalized spacial score (nSPS) is 27.0. The minimum absolute atomic E-state index is 0.0313. The van der Waals surface area contributed by atoms with Crippen molar-refractivity contribution in [3.8, 4) is 16.9 Å². The maximum Gasteiger partial charge on any atom is 0.251 e. The van der Waals surface area contributed by atoms with Gasteiger partial charge in [-0.15, -0.1) is 0 Å². The summed E-state index contributed by atoms with van der Waals surface area (Å²) in [7, 11) is 5.68. The van der Waals surface area contributed by atoms with Crippen molar-refractivity contribution in [3.63, 3.8) is 0 Å². The lowest BCUT2D eigenvalue weighted by Crippen LogP contribution is -2.62. The molecule has 3 aromatic rings. The lowest BCUT2D eigenvalue weighted by Gasteiger charge is -2.62. The fourth-order valence-corrected chi connectivity index (χ4v) is 9.62. The molecule has 0 spiro atoms. The second-order valence-electron chi connectivity index (χ2n) is 16.9. The Morgan fingerprint density at radius 3 is 2.34 bits per heavy atom. The zero-order valence-electron chi connectivity index (χ0n) is 32.8. The molecule has 0 radical (unpaired) electrons. The summed E-state index contributed by atoms with van der Waals surface area (Å²) in [6, 6.07) is 23.3. The number of para-hydroxylation sites is 1. The number of amides is 2. The van der Waals surface area contributed by atoms with E-state index in [0.29, 0.717) is 41.0 Å². The first-order chi connectivity index (χ1) is 25.3. The number of ether oxygens (including phenoxy) is 1. The number of likely N-dealkylation sites (N-methyl/N-ethyl adjacent to an activating group) is 1. The first-order valence-corrected chi connectivity index (χ1v) is 19.4. The number of fused-ring (bicyclic) bond motifs is 2. The molecule has 3 aliphatic carbocycles. The monoisotopic (exact) mass is 724 g/mol. The molecule has 3 aromatic carbocycles. The summed E-state index contributed by atoms with van der Waals surface area (Å²) in [5.41, 5.74) is 4.75. The summed E-state index contributed by atoms with van der Waals surface area (Å²) in [6.07, 6.45) is 2.50. The van der Waals surface area contributed by atoms with Gasteiger partial charge in [-0.3, -0.25) is 14.4 Å². The third kappa shape index (κ3) is 8.19. The van der Waals surface area contributed by atoms with Crippen LogP contribution in [0.1, 0.15) is 68.9 Å². The minimum Gasteiger partial charge on any atom is -0.496 e. The molecule has 2 bridgehead atoms. The molecule has 3 saturated carbocycles. The predicted octanol–water partition coefficient (Wildman–Crippen LogP) is 6.20. The van der Waals surface area contributed by atoms with Crippen LogP contribution in [0, 0.1) is 35.0 Å². The van der Waals surface area contributed by atoms with Crippen molar-refractivity contribution in [1.82, 2.24) is 20.6 Å². The van der Waals surface area contributed by atoms with Crippen LogP contribution in [-0.4, -0.2) is 85.5 Å². The van der Waals surface area contributed by atoms with Crippen LogP contribution in [0.4, 0.5) is 0 Å². The Bertz CT molecular complexity index is 1710. The number of hydrogen-bond donors (Lipinski definition) is 3. The van der Waals surface area contributed by atoms with E-state index in [4.69, 9.17) is 9.57 Å². The van der Waals surface area contributed by atoms with E-state index in [1.807, 2.05) is 74.8 Å². The Morgan fingerprint density at radius 1 is 1.02 bits per heavy atom. The highest BCUT2D eigenvalue weighted by Crippen LogP contribution is 2.61. The Labute approximate surface area is 316 Å². The van der Waals surface area contributed by atoms with Gasteiger partial charge >= 0.3 is 0 Å². The number of nitrogens with zero attached hydrogens (tertiary/aromatic N) is 2. The molecule has 9 nitrogen and oxygen atoms in total. The van der Waals surface area contributed by atoms with Gasteiger partial charge in [-0.1, -0.05) is 95.3 Å². The van der Waals surface area contributed by atoms with Gasteiger partial charge < -0.3 is 25.4 Å². The van der Waals surface area contributed by atoms with Crippen LogP contribution in [0.2, 0.25) is 0 Å². The van der Waals surface area contributed by atoms with Crippen molar-refractivity contribution in [3.05, 3.63) is 89.5 Å². The van der Waals surface area contributed by atoms with Crippen LogP contribution in [0.5, 0.6) is 5.75 Å². The van der Waals surface area contributed by atoms with E-state index in [2.05, 4.69) is 62.3 Å². The average molecular weight is 725 g/mol. The summed E-state index contributed by atoms with van der Waals surface area (Å²) in [5, 5.41) is 18.9. The molecular weight excluding hydrogens is 665 g/mol. The smallest absolute Gasteiger partial charge is 0.251 e. The molecular formula is C44H60N4O5. The molecule has 1 heterocycles. The molecule has 3 N–H and O–H groups in total. The van der Waals surface area contributed by atoms with E-state index in [1.165, 1.54) is 12.0 Å². The van der Waals surface area contributed by atoms with E-state index < -0.39 is 12.1 Å². The topological polar surface area (TPSA) is 103 Å². The Hall–Kier alpha value is -3.76. The minimum atomic E-state index is -0.560. The van der Waals surface area contributed by atoms with E-state index in [1.54, 1.807) is 12.2 Å². The van der Waals surface area contributed by atoms with Crippen molar-refractivity contribution >= 4 is 11.8 Å². The second-order valence-corrected chi connectivity index (χ2v) is 16.9. The molecule has 1 aliphatic heterocycles. The number of rotatable bonds is 14. The molecule has 7 rings (SSSR count). The molecule has 8 atom stereocenters. The summed E-state index contributed by atoms with van der Waals surface area (Å²) < 4.78 is 6.04. The van der Waals surface area contributed by atoms with Gasteiger partial charge in [0.2, 0.25) is 5.91 Å². The molecule has 2 amide bonds. The van der Waals surface area contributed by atoms with Crippen molar-refractivity contribution in [2.45, 2.75) is 84.7 Å². The molecule has 1 saturated heterocycles. The predicted molar refractivity (Wildman–Crippen MR) is 209 cm³/mol. The van der Waals surface area contributed by atoms with E-state index >= 15 is 0 Å². The van der Waals surface area contributed by atoms with Gasteiger partial charge in [0.25, 0.3) is 5.91 Å². The number of methoxy groups -OCH3 is 1. The van der Waals surface area contributed by atoms with Crippen LogP contribution in [0.3, 0.4) is 0 Å². The first kappa shape index (κ1) is 38.9. The fraction of sp³-hybridized carbons (Fsp3) is 0.545. The van der Waals surface area contributed by atoms with Gasteiger partial charge in [0, 0.05) is 41.2 Å². The summed E-state index contributed by atoms with van der Waals surface area (Å²) in [5.74, 6) is 2.12. The van der Waals surface area contributed by atoms with E-state index in [9.17, 15) is 14.7 Å². The highest BCUT2D eigenvalue weighted by Gasteiger charge is 2.57. The highest BCUT2D eigenvalue weighted by atomic mass is 16.7. The van der Waals surface area contributed by atoms with Gasteiger partial charge in [0.1, 0.15) is 17.9 Å². The number of aliphatic hydroxyl groups excluding tert-OH is 1. The van der Waals surface area contributed by atoms with Gasteiger partial charge in [-0.2, -0.15) is 5.06 Å². The molecule has 4 fully saturated rings. The van der Waals surface area contributed by atoms with Crippen molar-refractivity contribution in [1.29, 1.82) is 0 Å². The lowest BCUT2D eigenvalue weighted by atomic mass is 9.45. The molecule has 0 unspecified atom stereocenters. The highest BCUT2D eigenvalue weighted by molar-refractivity contribution is 5.95. The second kappa shape index (κ2) is 16.3. The number of hydroxylamine groups is 2. The maximum absolute atomic E-state index is 14.3. The first-order valence-electron chi connectivity index (χ1n) is 19.4.